The van der Waals surface area contributed by atoms with Crippen LogP contribution < -0.4 is 20.7 Å². The summed E-state index contributed by atoms with van der Waals surface area (Å²) in [6, 6.07) is 8.98. The lowest BCUT2D eigenvalue weighted by molar-refractivity contribution is -0.127. The number of nitrogens with zero attached hydrogens (tertiary/aromatic N) is 2. The zero-order valence-corrected chi connectivity index (χ0v) is 14.4. The van der Waals surface area contributed by atoms with E-state index in [0.29, 0.717) is 11.4 Å². The molecule has 3 N–H and O–H groups in total. The molecule has 1 aliphatic rings. The number of carbonyl (C=O) groups is 2. The van der Waals surface area contributed by atoms with Crippen LogP contribution in [-0.2, 0) is 9.59 Å². The average molecular weight is 340 g/mol. The van der Waals surface area contributed by atoms with Gasteiger partial charge in [-0.25, -0.2) is 4.98 Å². The Bertz CT molecular complexity index is 850. The fourth-order valence-electron chi connectivity index (χ4n) is 2.74. The van der Waals surface area contributed by atoms with Crippen molar-refractivity contribution in [3.8, 4) is 5.75 Å². The summed E-state index contributed by atoms with van der Waals surface area (Å²) in [7, 11) is 0. The third kappa shape index (κ3) is 3.40. The number of anilines is 3. The van der Waals surface area contributed by atoms with Crippen LogP contribution in [0.4, 0.5) is 17.3 Å². The quantitative estimate of drug-likeness (QED) is 0.891. The number of benzene rings is 1. The number of fused-ring (bicyclic) bond motifs is 1. The number of nitrogens with one attached hydrogen (secondary N) is 1. The van der Waals surface area contributed by atoms with Crippen molar-refractivity contribution < 1.29 is 14.3 Å². The molecule has 0 fully saturated rings. The molecule has 1 aromatic heterocycles. The molecule has 0 radical (unpaired) electrons. The third-order valence-electron chi connectivity index (χ3n) is 3.99. The van der Waals surface area contributed by atoms with Gasteiger partial charge in [0, 0.05) is 5.69 Å². The van der Waals surface area contributed by atoms with Gasteiger partial charge in [0.1, 0.15) is 12.4 Å². The fourth-order valence-corrected chi connectivity index (χ4v) is 2.74. The molecule has 1 atom stereocenters. The highest BCUT2D eigenvalue weighted by atomic mass is 16.5. The van der Waals surface area contributed by atoms with Crippen LogP contribution in [0.5, 0.6) is 5.75 Å². The molecule has 2 aromatic rings. The Balaban J connectivity index is 1.82. The van der Waals surface area contributed by atoms with E-state index in [1.165, 1.54) is 4.90 Å². The maximum atomic E-state index is 12.5. The number of nitrogens with two attached hydrogens (primary N) is 1. The first-order valence-corrected chi connectivity index (χ1v) is 7.97. The molecule has 1 aromatic carbocycles. The second kappa shape index (κ2) is 6.43. The van der Waals surface area contributed by atoms with Gasteiger partial charge in [-0.05, 0) is 44.5 Å². The van der Waals surface area contributed by atoms with E-state index in [9.17, 15) is 9.59 Å². The summed E-state index contributed by atoms with van der Waals surface area (Å²) >= 11 is 0. The monoisotopic (exact) mass is 340 g/mol. The highest BCUT2D eigenvalue weighted by Crippen LogP contribution is 2.32. The van der Waals surface area contributed by atoms with Crippen molar-refractivity contribution in [3.63, 3.8) is 0 Å². The molecule has 0 aliphatic carbocycles. The van der Waals surface area contributed by atoms with Gasteiger partial charge < -0.3 is 15.8 Å². The Kier molecular flexibility index (Phi) is 4.31. The lowest BCUT2D eigenvalue weighted by Gasteiger charge is -2.31. The Hall–Kier alpha value is -3.09. The minimum atomic E-state index is -0.688. The van der Waals surface area contributed by atoms with Crippen LogP contribution in [-0.4, -0.2) is 29.4 Å². The maximum Gasteiger partial charge on any atom is 0.269 e. The summed E-state index contributed by atoms with van der Waals surface area (Å²) in [5, 5.41) is 2.83. The zero-order chi connectivity index (χ0) is 18.1. The number of rotatable bonds is 3. The van der Waals surface area contributed by atoms with Crippen LogP contribution in [0, 0.1) is 13.8 Å². The van der Waals surface area contributed by atoms with Gasteiger partial charge in [0.2, 0.25) is 5.91 Å². The van der Waals surface area contributed by atoms with Crippen LogP contribution in [0.1, 0.15) is 18.1 Å². The Morgan fingerprint density at radius 2 is 2.08 bits per heavy atom. The SMILES string of the molecule is Cc1ccc(NC(=O)CN2C(=O)C(C)Oc3ccc(N)nc32)c(C)c1. The summed E-state index contributed by atoms with van der Waals surface area (Å²) in [6.07, 6.45) is -0.688. The van der Waals surface area contributed by atoms with Crippen molar-refractivity contribution in [3.05, 3.63) is 41.5 Å². The number of carbonyl (C=O) groups excluding carboxylic acids is 2. The van der Waals surface area contributed by atoms with Gasteiger partial charge in [0.15, 0.2) is 17.7 Å². The van der Waals surface area contributed by atoms with Gasteiger partial charge >= 0.3 is 0 Å². The van der Waals surface area contributed by atoms with E-state index in [2.05, 4.69) is 10.3 Å². The number of ether oxygens (including phenoxy) is 1. The molecule has 3 rings (SSSR count). The molecule has 1 aliphatic heterocycles. The first-order valence-electron chi connectivity index (χ1n) is 7.97. The van der Waals surface area contributed by atoms with Gasteiger partial charge in [0.05, 0.1) is 0 Å². The number of aromatic nitrogens is 1. The van der Waals surface area contributed by atoms with E-state index in [-0.39, 0.29) is 30.0 Å². The first kappa shape index (κ1) is 16.8. The number of amides is 2. The van der Waals surface area contributed by atoms with Gasteiger partial charge in [-0.1, -0.05) is 17.7 Å². The molecule has 0 saturated heterocycles. The predicted molar refractivity (Wildman–Crippen MR) is 95.6 cm³/mol. The topological polar surface area (TPSA) is 97.5 Å². The van der Waals surface area contributed by atoms with Crippen LogP contribution >= 0.6 is 0 Å². The first-order chi connectivity index (χ1) is 11.8. The molecule has 2 heterocycles. The molecule has 0 bridgehead atoms. The summed E-state index contributed by atoms with van der Waals surface area (Å²) in [4.78, 5) is 30.4. The van der Waals surface area contributed by atoms with E-state index in [1.54, 1.807) is 19.1 Å². The second-order valence-corrected chi connectivity index (χ2v) is 6.11. The van der Waals surface area contributed by atoms with Crippen molar-refractivity contribution in [2.45, 2.75) is 26.9 Å². The van der Waals surface area contributed by atoms with Crippen LogP contribution in [0.25, 0.3) is 0 Å². The molecule has 0 saturated carbocycles. The summed E-state index contributed by atoms with van der Waals surface area (Å²) in [5.74, 6) is 0.301. The van der Waals surface area contributed by atoms with Crippen LogP contribution in [0.15, 0.2) is 30.3 Å². The smallest absolute Gasteiger partial charge is 0.269 e. The minimum absolute atomic E-state index is 0.163. The maximum absolute atomic E-state index is 12.5. The Morgan fingerprint density at radius 3 is 2.80 bits per heavy atom. The van der Waals surface area contributed by atoms with Crippen molar-refractivity contribution >= 4 is 29.1 Å². The second-order valence-electron chi connectivity index (χ2n) is 6.11. The third-order valence-corrected chi connectivity index (χ3v) is 3.99. The minimum Gasteiger partial charge on any atom is -0.477 e. The zero-order valence-electron chi connectivity index (χ0n) is 14.4. The lowest BCUT2D eigenvalue weighted by Crippen LogP contribution is -2.48. The molecular weight excluding hydrogens is 320 g/mol. The molecule has 1 unspecified atom stereocenters. The van der Waals surface area contributed by atoms with Crippen LogP contribution in [0.3, 0.4) is 0 Å². The average Bonchev–Trinajstić information content (AvgIpc) is 2.55. The van der Waals surface area contributed by atoms with Crippen LogP contribution in [0.2, 0.25) is 0 Å². The molecule has 130 valence electrons. The van der Waals surface area contributed by atoms with Gasteiger partial charge in [-0.3, -0.25) is 14.5 Å². The number of hydrogen-bond acceptors (Lipinski definition) is 5. The molecular formula is C18H20N4O3. The van der Waals surface area contributed by atoms with Gasteiger partial charge in [-0.2, -0.15) is 0 Å². The largest absolute Gasteiger partial charge is 0.477 e. The Labute approximate surface area is 145 Å². The van der Waals surface area contributed by atoms with Crippen molar-refractivity contribution in [2.24, 2.45) is 0 Å². The molecule has 7 heteroatoms. The highest BCUT2D eigenvalue weighted by Gasteiger charge is 2.34. The van der Waals surface area contributed by atoms with E-state index < -0.39 is 6.10 Å². The molecule has 2 amide bonds. The van der Waals surface area contributed by atoms with Crippen molar-refractivity contribution in [1.82, 2.24) is 4.98 Å². The summed E-state index contributed by atoms with van der Waals surface area (Å²) < 4.78 is 5.52. The van der Waals surface area contributed by atoms with Crippen molar-refractivity contribution in [1.29, 1.82) is 0 Å². The van der Waals surface area contributed by atoms with E-state index in [0.717, 1.165) is 11.1 Å². The summed E-state index contributed by atoms with van der Waals surface area (Å²) in [6.45, 7) is 5.38. The number of pyridine rings is 1. The van der Waals surface area contributed by atoms with Crippen molar-refractivity contribution in [2.75, 3.05) is 22.5 Å². The molecule has 7 nitrogen and oxygen atoms in total. The van der Waals surface area contributed by atoms with Gasteiger partial charge in [0.25, 0.3) is 5.91 Å². The van der Waals surface area contributed by atoms with E-state index >= 15 is 0 Å². The lowest BCUT2D eigenvalue weighted by atomic mass is 10.1. The van der Waals surface area contributed by atoms with E-state index in [1.807, 2.05) is 32.0 Å². The van der Waals surface area contributed by atoms with E-state index in [4.69, 9.17) is 10.5 Å². The number of hydrogen-bond donors (Lipinski definition) is 2. The van der Waals surface area contributed by atoms with Gasteiger partial charge in [-0.15, -0.1) is 0 Å². The number of nitrogen functional groups attached to an aromatic ring is 1. The predicted octanol–water partition coefficient (Wildman–Crippen LogP) is 2.03. The summed E-state index contributed by atoms with van der Waals surface area (Å²) in [5.41, 5.74) is 8.49. The highest BCUT2D eigenvalue weighted by molar-refractivity contribution is 6.05. The normalized spacial score (nSPS) is 16.2. The molecule has 25 heavy (non-hydrogen) atoms. The number of aryl methyl sites for hydroxylation is 2. The fraction of sp³-hybridized carbons (Fsp3) is 0.278. The standard InChI is InChI=1S/C18H20N4O3/c1-10-4-5-13(11(2)8-10)20-16(23)9-22-17-14(6-7-15(19)21-17)25-12(3)18(22)24/h4-8,12H,9H2,1-3H3,(H2,19,21)(H,20,23). The Morgan fingerprint density at radius 1 is 1.32 bits per heavy atom. The molecule has 0 spiro atoms.